The third-order valence-electron chi connectivity index (χ3n) is 8.48. The molecule has 0 aromatic carbocycles. The Morgan fingerprint density at radius 3 is 1.47 bits per heavy atom. The summed E-state index contributed by atoms with van der Waals surface area (Å²) in [6.07, 6.45) is 23.1. The molecule has 0 spiro atoms. The van der Waals surface area contributed by atoms with Crippen molar-refractivity contribution in [2.24, 2.45) is 0 Å². The second-order valence-electron chi connectivity index (χ2n) is 12.7. The molecule has 0 unspecified atom stereocenters. The number of fused-ring (bicyclic) bond motifs is 3. The van der Waals surface area contributed by atoms with Gasteiger partial charge in [0.25, 0.3) is 0 Å². The molecule has 4 heteroatoms. The number of unbranched alkanes of at least 4 members (excludes halogenated alkanes) is 14. The van der Waals surface area contributed by atoms with Gasteiger partial charge in [0.1, 0.15) is 0 Å². The van der Waals surface area contributed by atoms with Crippen LogP contribution in [0.2, 0.25) is 26.9 Å². The van der Waals surface area contributed by atoms with Crippen LogP contribution in [0.3, 0.4) is 0 Å². The molecular weight excluding hydrogens is 595 g/mol. The topological polar surface area (TPSA) is 0 Å². The van der Waals surface area contributed by atoms with Crippen LogP contribution in [0.1, 0.15) is 121 Å². The third-order valence-corrected chi connectivity index (χ3v) is 25.9. The molecule has 0 fully saturated rings. The molecule has 1 aliphatic heterocycles. The van der Waals surface area contributed by atoms with Crippen LogP contribution in [-0.4, -0.2) is 26.5 Å². The molecular formula is C32H56S2SiSn. The Bertz CT molecular complexity index is 884. The average molecular weight is 652 g/mol. The van der Waals surface area contributed by atoms with E-state index in [-0.39, 0.29) is 0 Å². The van der Waals surface area contributed by atoms with Gasteiger partial charge in [0.05, 0.1) is 0 Å². The van der Waals surface area contributed by atoms with Crippen LogP contribution in [0, 0.1) is 6.92 Å². The van der Waals surface area contributed by atoms with Crippen molar-refractivity contribution in [2.75, 3.05) is 0 Å². The predicted octanol–water partition coefficient (Wildman–Crippen LogP) is 10.5. The van der Waals surface area contributed by atoms with E-state index in [9.17, 15) is 0 Å². The molecule has 0 saturated carbocycles. The summed E-state index contributed by atoms with van der Waals surface area (Å²) >= 11 is 2.29. The Morgan fingerprint density at radius 2 is 1.00 bits per heavy atom. The van der Waals surface area contributed by atoms with Gasteiger partial charge in [0, 0.05) is 0 Å². The first-order valence-corrected chi connectivity index (χ1v) is 29.6. The molecule has 0 bridgehead atoms. The molecule has 0 saturated heterocycles. The van der Waals surface area contributed by atoms with Crippen molar-refractivity contribution in [2.45, 2.75) is 150 Å². The van der Waals surface area contributed by atoms with E-state index in [1.807, 2.05) is 13.3 Å². The Morgan fingerprint density at radius 1 is 0.583 bits per heavy atom. The van der Waals surface area contributed by atoms with Gasteiger partial charge >= 0.3 is 213 Å². The van der Waals surface area contributed by atoms with Crippen LogP contribution in [0.15, 0.2) is 12.1 Å². The normalized spacial score (nSPS) is 14.4. The van der Waals surface area contributed by atoms with Crippen molar-refractivity contribution in [3.63, 3.8) is 0 Å². The van der Waals surface area contributed by atoms with Gasteiger partial charge < -0.3 is 0 Å². The van der Waals surface area contributed by atoms with Crippen LogP contribution in [-0.2, 0) is 0 Å². The van der Waals surface area contributed by atoms with E-state index in [1.165, 1.54) is 115 Å². The van der Waals surface area contributed by atoms with E-state index < -0.39 is 26.5 Å². The van der Waals surface area contributed by atoms with Gasteiger partial charge in [-0.05, 0) is 0 Å². The molecule has 0 aliphatic carbocycles. The van der Waals surface area contributed by atoms with E-state index in [0.717, 1.165) is 0 Å². The average Bonchev–Trinajstić information content (AvgIpc) is 3.50. The number of hydrogen-bond donors (Lipinski definition) is 0. The molecule has 0 nitrogen and oxygen atoms in total. The van der Waals surface area contributed by atoms with Crippen LogP contribution >= 0.6 is 22.7 Å². The van der Waals surface area contributed by atoms with Crippen molar-refractivity contribution < 1.29 is 0 Å². The van der Waals surface area contributed by atoms with Crippen LogP contribution in [0.25, 0.3) is 9.75 Å². The fourth-order valence-corrected chi connectivity index (χ4v) is 21.2. The Labute approximate surface area is 238 Å². The molecule has 204 valence electrons. The van der Waals surface area contributed by atoms with E-state index >= 15 is 0 Å². The summed E-state index contributed by atoms with van der Waals surface area (Å²) in [7, 11) is -1.62. The van der Waals surface area contributed by atoms with Gasteiger partial charge in [-0.3, -0.25) is 0 Å². The summed E-state index contributed by atoms with van der Waals surface area (Å²) in [5.41, 5.74) is 0. The van der Waals surface area contributed by atoms with Crippen LogP contribution < -0.4 is 13.3 Å². The van der Waals surface area contributed by atoms with E-state index in [0.29, 0.717) is 0 Å². The number of rotatable bonds is 19. The van der Waals surface area contributed by atoms with Crippen LogP contribution in [0.4, 0.5) is 0 Å². The SMILES string of the molecule is CCCCCCCCCC[Si]1(CCCCCCCCCC)c2cc(C)sc2-c2s[c]([Sn]([CH3])([CH3])[CH3])cc21. The summed E-state index contributed by atoms with van der Waals surface area (Å²) in [6, 6.07) is 8.50. The van der Waals surface area contributed by atoms with Gasteiger partial charge in [0.15, 0.2) is 0 Å². The molecule has 0 N–H and O–H groups in total. The second kappa shape index (κ2) is 15.3. The van der Waals surface area contributed by atoms with E-state index in [2.05, 4.69) is 70.4 Å². The van der Waals surface area contributed by atoms with Gasteiger partial charge in [-0.2, -0.15) is 0 Å². The summed E-state index contributed by atoms with van der Waals surface area (Å²) in [5.74, 6) is 0. The number of hydrogen-bond acceptors (Lipinski definition) is 2. The summed E-state index contributed by atoms with van der Waals surface area (Å²) < 4.78 is 1.83. The van der Waals surface area contributed by atoms with E-state index in [1.54, 1.807) is 14.6 Å². The quantitative estimate of drug-likeness (QED) is 0.105. The first-order chi connectivity index (χ1) is 17.3. The molecule has 0 radical (unpaired) electrons. The Hall–Kier alpha value is 0.416. The molecule has 2 aromatic rings. The minimum absolute atomic E-state index is 1.36. The standard InChI is InChI=1S/C29H47S2Si.3CH3.Sn/c1-4-6-8-10-12-14-16-18-22-32(23-19-17-15-13-11-9-7-5-2)26-20-21-30-28(26)29-27(32)24-25(3)31-29;;;;/h20,24H,4-19,22-23H2,1-3H3;3*1H3;. The molecule has 0 atom stereocenters. The van der Waals surface area contributed by atoms with Crippen molar-refractivity contribution in [3.8, 4) is 9.75 Å². The zero-order chi connectivity index (χ0) is 26.0. The van der Waals surface area contributed by atoms with Crippen molar-refractivity contribution in [1.29, 1.82) is 0 Å². The van der Waals surface area contributed by atoms with Gasteiger partial charge in [-0.25, -0.2) is 0 Å². The molecule has 36 heavy (non-hydrogen) atoms. The first-order valence-electron chi connectivity index (χ1n) is 15.6. The molecule has 2 aromatic heterocycles. The van der Waals surface area contributed by atoms with Crippen molar-refractivity contribution in [1.82, 2.24) is 0 Å². The molecule has 0 amide bonds. The summed E-state index contributed by atoms with van der Waals surface area (Å²) in [6.45, 7) is 7.02. The zero-order valence-corrected chi connectivity index (χ0v) is 30.2. The summed E-state index contributed by atoms with van der Waals surface area (Å²) in [5, 5.41) is 3.77. The summed E-state index contributed by atoms with van der Waals surface area (Å²) in [4.78, 5) is 12.9. The van der Waals surface area contributed by atoms with Crippen molar-refractivity contribution in [3.05, 3.63) is 17.0 Å². The first kappa shape index (κ1) is 31.0. The minimum atomic E-state index is -2.07. The fraction of sp³-hybridized carbons (Fsp3) is 0.750. The maximum atomic E-state index is 2.81. The van der Waals surface area contributed by atoms with Crippen LogP contribution in [0.5, 0.6) is 0 Å². The second-order valence-corrected chi connectivity index (χ2v) is 34.7. The number of aryl methyl sites for hydroxylation is 1. The van der Waals surface area contributed by atoms with Gasteiger partial charge in [-0.15, -0.1) is 0 Å². The third kappa shape index (κ3) is 8.21. The zero-order valence-electron chi connectivity index (χ0n) is 24.7. The van der Waals surface area contributed by atoms with E-state index in [4.69, 9.17) is 0 Å². The molecule has 1 aliphatic rings. The maximum absolute atomic E-state index is 2.81. The Balaban J connectivity index is 1.72. The van der Waals surface area contributed by atoms with Gasteiger partial charge in [0.2, 0.25) is 0 Å². The Kier molecular flexibility index (Phi) is 13.1. The van der Waals surface area contributed by atoms with Crippen molar-refractivity contribution >= 4 is 62.4 Å². The monoisotopic (exact) mass is 652 g/mol. The van der Waals surface area contributed by atoms with Gasteiger partial charge in [-0.1, -0.05) is 26.7 Å². The fourth-order valence-electron chi connectivity index (χ4n) is 6.25. The molecule has 3 rings (SSSR count). The predicted molar refractivity (Wildman–Crippen MR) is 175 cm³/mol. The molecule has 3 heterocycles. The number of thiophene rings is 2.